The van der Waals surface area contributed by atoms with E-state index in [2.05, 4.69) is 56.3 Å². The van der Waals surface area contributed by atoms with Crippen molar-refractivity contribution in [2.24, 2.45) is 5.92 Å². The predicted molar refractivity (Wildman–Crippen MR) is 132 cm³/mol. The summed E-state index contributed by atoms with van der Waals surface area (Å²) < 4.78 is 15.0. The fourth-order valence-electron chi connectivity index (χ4n) is 5.42. The van der Waals surface area contributed by atoms with Gasteiger partial charge in [-0.2, -0.15) is 0 Å². The molecular formula is C30H37F. The summed E-state index contributed by atoms with van der Waals surface area (Å²) in [7, 11) is 0. The van der Waals surface area contributed by atoms with Gasteiger partial charge in [0.2, 0.25) is 0 Å². The molecule has 4 rings (SSSR count). The lowest BCUT2D eigenvalue weighted by atomic mass is 9.77. The second-order valence-electron chi connectivity index (χ2n) is 9.56. The van der Waals surface area contributed by atoms with Gasteiger partial charge in [0.05, 0.1) is 0 Å². The number of fused-ring (bicyclic) bond motifs is 1. The van der Waals surface area contributed by atoms with Crippen LogP contribution in [-0.2, 0) is 6.42 Å². The number of hydrogen-bond acceptors (Lipinski definition) is 0. The highest BCUT2D eigenvalue weighted by Gasteiger charge is 2.21. The summed E-state index contributed by atoms with van der Waals surface area (Å²) in [5.41, 5.74) is 4.73. The van der Waals surface area contributed by atoms with Crippen LogP contribution in [0.15, 0.2) is 54.6 Å². The molecule has 0 spiro atoms. The Morgan fingerprint density at radius 1 is 0.774 bits per heavy atom. The van der Waals surface area contributed by atoms with Crippen molar-refractivity contribution in [3.05, 3.63) is 71.5 Å². The SMILES string of the molecule is CCCCCc1ccc2cc(-c3ccc(C4CCC(CCC)CC4)cc3)ccc2c1F. The molecular weight excluding hydrogens is 379 g/mol. The first kappa shape index (κ1) is 22.1. The molecule has 0 radical (unpaired) electrons. The van der Waals surface area contributed by atoms with Gasteiger partial charge >= 0.3 is 0 Å². The lowest BCUT2D eigenvalue weighted by Crippen LogP contribution is -2.13. The van der Waals surface area contributed by atoms with Gasteiger partial charge < -0.3 is 0 Å². The summed E-state index contributed by atoms with van der Waals surface area (Å²) in [5.74, 6) is 1.64. The van der Waals surface area contributed by atoms with Crippen LogP contribution in [0.3, 0.4) is 0 Å². The van der Waals surface area contributed by atoms with Gasteiger partial charge in [0.25, 0.3) is 0 Å². The van der Waals surface area contributed by atoms with Crippen LogP contribution in [0, 0.1) is 11.7 Å². The molecule has 1 aliphatic carbocycles. The third kappa shape index (κ3) is 5.20. The van der Waals surface area contributed by atoms with Crippen LogP contribution < -0.4 is 0 Å². The van der Waals surface area contributed by atoms with E-state index in [1.807, 2.05) is 12.1 Å². The molecule has 31 heavy (non-hydrogen) atoms. The second-order valence-corrected chi connectivity index (χ2v) is 9.56. The van der Waals surface area contributed by atoms with E-state index in [0.717, 1.165) is 53.9 Å². The third-order valence-electron chi connectivity index (χ3n) is 7.34. The Bertz CT molecular complexity index is 977. The zero-order valence-corrected chi connectivity index (χ0v) is 19.3. The highest BCUT2D eigenvalue weighted by atomic mass is 19.1. The van der Waals surface area contributed by atoms with Gasteiger partial charge in [-0.05, 0) is 84.1 Å². The van der Waals surface area contributed by atoms with Crippen LogP contribution in [0.5, 0.6) is 0 Å². The molecule has 0 unspecified atom stereocenters. The van der Waals surface area contributed by atoms with E-state index in [0.29, 0.717) is 0 Å². The van der Waals surface area contributed by atoms with Crippen molar-refractivity contribution in [1.29, 1.82) is 0 Å². The number of aryl methyl sites for hydroxylation is 1. The molecule has 164 valence electrons. The highest BCUT2D eigenvalue weighted by molar-refractivity contribution is 5.88. The van der Waals surface area contributed by atoms with Gasteiger partial charge in [0.15, 0.2) is 0 Å². The fourth-order valence-corrected chi connectivity index (χ4v) is 5.42. The maximum atomic E-state index is 15.0. The zero-order valence-electron chi connectivity index (χ0n) is 19.3. The minimum Gasteiger partial charge on any atom is -0.206 e. The number of benzene rings is 3. The quantitative estimate of drug-likeness (QED) is 0.321. The lowest BCUT2D eigenvalue weighted by molar-refractivity contribution is 0.308. The molecule has 3 aromatic carbocycles. The van der Waals surface area contributed by atoms with Crippen molar-refractivity contribution in [2.75, 3.05) is 0 Å². The van der Waals surface area contributed by atoms with Crippen molar-refractivity contribution < 1.29 is 4.39 Å². The van der Waals surface area contributed by atoms with Gasteiger partial charge in [0, 0.05) is 5.39 Å². The van der Waals surface area contributed by atoms with Gasteiger partial charge in [-0.1, -0.05) is 88.1 Å². The Kier molecular flexibility index (Phi) is 7.43. The first-order chi connectivity index (χ1) is 15.2. The number of unbranched alkanes of at least 4 members (excludes halogenated alkanes) is 2. The molecule has 0 amide bonds. The minimum absolute atomic E-state index is 0.0332. The second kappa shape index (κ2) is 10.4. The van der Waals surface area contributed by atoms with Gasteiger partial charge in [-0.25, -0.2) is 4.39 Å². The molecule has 0 N–H and O–H groups in total. The molecule has 1 saturated carbocycles. The van der Waals surface area contributed by atoms with Gasteiger partial charge in [-0.3, -0.25) is 0 Å². The molecule has 0 bridgehead atoms. The Balaban J connectivity index is 1.48. The summed E-state index contributed by atoms with van der Waals surface area (Å²) in [4.78, 5) is 0. The molecule has 0 heterocycles. The summed E-state index contributed by atoms with van der Waals surface area (Å²) in [6.45, 7) is 4.49. The molecule has 0 atom stereocenters. The maximum absolute atomic E-state index is 15.0. The minimum atomic E-state index is -0.0332. The average Bonchev–Trinajstić information content (AvgIpc) is 2.81. The smallest absolute Gasteiger partial charge is 0.134 e. The molecule has 1 fully saturated rings. The van der Waals surface area contributed by atoms with Crippen LogP contribution in [0.2, 0.25) is 0 Å². The molecule has 0 nitrogen and oxygen atoms in total. The largest absolute Gasteiger partial charge is 0.206 e. The van der Waals surface area contributed by atoms with Crippen molar-refractivity contribution >= 4 is 10.8 Å². The van der Waals surface area contributed by atoms with Gasteiger partial charge in [-0.15, -0.1) is 0 Å². The van der Waals surface area contributed by atoms with Crippen molar-refractivity contribution in [3.8, 4) is 11.1 Å². The first-order valence-electron chi connectivity index (χ1n) is 12.5. The zero-order chi connectivity index (χ0) is 21.6. The molecule has 0 aliphatic heterocycles. The van der Waals surface area contributed by atoms with E-state index in [1.165, 1.54) is 55.2 Å². The highest BCUT2D eigenvalue weighted by Crippen LogP contribution is 2.38. The summed E-state index contributed by atoms with van der Waals surface area (Å²) in [6, 6.07) is 19.4. The Hall–Kier alpha value is -2.15. The topological polar surface area (TPSA) is 0 Å². The predicted octanol–water partition coefficient (Wildman–Crippen LogP) is 9.45. The number of rotatable bonds is 8. The summed E-state index contributed by atoms with van der Waals surface area (Å²) in [5, 5.41) is 1.74. The maximum Gasteiger partial charge on any atom is 0.134 e. The van der Waals surface area contributed by atoms with Crippen LogP contribution in [0.1, 0.15) is 88.7 Å². The monoisotopic (exact) mass is 416 g/mol. The average molecular weight is 417 g/mol. The van der Waals surface area contributed by atoms with E-state index in [1.54, 1.807) is 0 Å². The fraction of sp³-hybridized carbons (Fsp3) is 0.467. The van der Waals surface area contributed by atoms with Crippen LogP contribution in [-0.4, -0.2) is 0 Å². The van der Waals surface area contributed by atoms with Crippen molar-refractivity contribution in [3.63, 3.8) is 0 Å². The molecule has 1 aliphatic rings. The van der Waals surface area contributed by atoms with Crippen LogP contribution in [0.25, 0.3) is 21.9 Å². The third-order valence-corrected chi connectivity index (χ3v) is 7.34. The molecule has 0 saturated heterocycles. The van der Waals surface area contributed by atoms with E-state index < -0.39 is 0 Å². The number of hydrogen-bond donors (Lipinski definition) is 0. The normalized spacial score (nSPS) is 19.1. The Labute approximate surface area is 187 Å². The standard InChI is InChI=1S/C30H37F/c1-3-5-6-8-26-17-18-28-21-27(19-20-29(28)30(26)31)25-15-13-24(14-16-25)23-11-9-22(7-4-2)10-12-23/h13-23H,3-12H2,1-2H3. The summed E-state index contributed by atoms with van der Waals surface area (Å²) >= 11 is 0. The van der Waals surface area contributed by atoms with E-state index >= 15 is 0 Å². The van der Waals surface area contributed by atoms with Crippen LogP contribution >= 0.6 is 0 Å². The van der Waals surface area contributed by atoms with Crippen molar-refractivity contribution in [2.45, 2.75) is 84.0 Å². The van der Waals surface area contributed by atoms with Gasteiger partial charge in [0.1, 0.15) is 5.82 Å². The van der Waals surface area contributed by atoms with Crippen molar-refractivity contribution in [1.82, 2.24) is 0 Å². The first-order valence-corrected chi connectivity index (χ1v) is 12.5. The van der Waals surface area contributed by atoms with E-state index in [4.69, 9.17) is 0 Å². The molecule has 3 aromatic rings. The number of halogens is 1. The van der Waals surface area contributed by atoms with Crippen LogP contribution in [0.4, 0.5) is 4.39 Å². The lowest BCUT2D eigenvalue weighted by Gasteiger charge is -2.28. The molecule has 0 aromatic heterocycles. The Morgan fingerprint density at radius 2 is 1.52 bits per heavy atom. The van der Waals surface area contributed by atoms with E-state index in [-0.39, 0.29) is 5.82 Å². The van der Waals surface area contributed by atoms with E-state index in [9.17, 15) is 4.39 Å². The Morgan fingerprint density at radius 3 is 2.23 bits per heavy atom. The molecule has 1 heteroatoms. The summed E-state index contributed by atoms with van der Waals surface area (Å²) in [6.07, 6.45) is 12.4.